The molecule has 0 atom stereocenters. The number of nitrogens with one attached hydrogen (secondary N) is 2. The van der Waals surface area contributed by atoms with Crippen LogP contribution in [0.4, 0.5) is 17.1 Å². The quantitative estimate of drug-likeness (QED) is 0.504. The average Bonchev–Trinajstić information content (AvgIpc) is 2.85. The van der Waals surface area contributed by atoms with Crippen molar-refractivity contribution < 1.29 is 0 Å². The third-order valence-electron chi connectivity index (χ3n) is 5.72. The van der Waals surface area contributed by atoms with Gasteiger partial charge in [-0.05, 0) is 65.7 Å². The second kappa shape index (κ2) is 8.47. The van der Waals surface area contributed by atoms with Gasteiger partial charge in [-0.2, -0.15) is 5.26 Å². The maximum absolute atomic E-state index is 9.04. The monoisotopic (exact) mass is 405 g/mol. The molecule has 0 aliphatic carbocycles. The van der Waals surface area contributed by atoms with Gasteiger partial charge in [-0.15, -0.1) is 0 Å². The SMILES string of the molecule is N#Cc1ccc(-c2ccc3nccc(Nc4ccc(N5CCNCC5)cc4)c3c2)cc1. The summed E-state index contributed by atoms with van der Waals surface area (Å²) < 4.78 is 0. The van der Waals surface area contributed by atoms with Crippen molar-refractivity contribution in [3.63, 3.8) is 0 Å². The van der Waals surface area contributed by atoms with Crippen LogP contribution in [0.2, 0.25) is 0 Å². The van der Waals surface area contributed by atoms with Crippen LogP contribution < -0.4 is 15.5 Å². The molecule has 152 valence electrons. The summed E-state index contributed by atoms with van der Waals surface area (Å²) in [7, 11) is 0. The number of piperazine rings is 1. The van der Waals surface area contributed by atoms with Gasteiger partial charge in [0.2, 0.25) is 0 Å². The van der Waals surface area contributed by atoms with Crippen molar-refractivity contribution in [1.82, 2.24) is 10.3 Å². The molecule has 5 rings (SSSR count). The lowest BCUT2D eigenvalue weighted by atomic mass is 10.0. The van der Waals surface area contributed by atoms with Crippen molar-refractivity contribution in [2.24, 2.45) is 0 Å². The third kappa shape index (κ3) is 4.07. The summed E-state index contributed by atoms with van der Waals surface area (Å²) in [5.74, 6) is 0. The Kier molecular flexibility index (Phi) is 5.22. The van der Waals surface area contributed by atoms with Crippen molar-refractivity contribution in [3.05, 3.63) is 84.6 Å². The molecule has 31 heavy (non-hydrogen) atoms. The molecule has 0 amide bonds. The summed E-state index contributed by atoms with van der Waals surface area (Å²) in [6.07, 6.45) is 1.83. The minimum absolute atomic E-state index is 0.665. The van der Waals surface area contributed by atoms with Crippen LogP contribution in [0.5, 0.6) is 0 Å². The van der Waals surface area contributed by atoms with E-state index in [9.17, 15) is 0 Å². The third-order valence-corrected chi connectivity index (χ3v) is 5.72. The fourth-order valence-electron chi connectivity index (χ4n) is 4.01. The first-order valence-electron chi connectivity index (χ1n) is 10.5. The zero-order chi connectivity index (χ0) is 21.0. The zero-order valence-electron chi connectivity index (χ0n) is 17.2. The highest BCUT2D eigenvalue weighted by Gasteiger charge is 2.10. The Morgan fingerprint density at radius 3 is 2.35 bits per heavy atom. The van der Waals surface area contributed by atoms with E-state index in [1.165, 1.54) is 5.69 Å². The van der Waals surface area contributed by atoms with Gasteiger partial charge in [-0.3, -0.25) is 4.98 Å². The molecule has 5 nitrogen and oxygen atoms in total. The highest BCUT2D eigenvalue weighted by molar-refractivity contribution is 5.95. The Morgan fingerprint density at radius 2 is 1.61 bits per heavy atom. The van der Waals surface area contributed by atoms with Crippen LogP contribution in [0, 0.1) is 11.3 Å². The highest BCUT2D eigenvalue weighted by atomic mass is 15.2. The number of nitrogens with zero attached hydrogens (tertiary/aromatic N) is 3. The molecule has 1 aromatic heterocycles. The van der Waals surface area contributed by atoms with Gasteiger partial charge in [0.05, 0.1) is 17.1 Å². The van der Waals surface area contributed by atoms with E-state index in [0.29, 0.717) is 5.56 Å². The molecule has 2 heterocycles. The van der Waals surface area contributed by atoms with Gasteiger partial charge < -0.3 is 15.5 Å². The van der Waals surface area contributed by atoms with Crippen molar-refractivity contribution in [1.29, 1.82) is 5.26 Å². The summed E-state index contributed by atoms with van der Waals surface area (Å²) in [6.45, 7) is 4.15. The van der Waals surface area contributed by atoms with E-state index < -0.39 is 0 Å². The second-order valence-electron chi connectivity index (χ2n) is 7.69. The van der Waals surface area contributed by atoms with Gasteiger partial charge in [-0.25, -0.2) is 0 Å². The predicted octanol–water partition coefficient (Wildman–Crippen LogP) is 4.93. The number of anilines is 3. The van der Waals surface area contributed by atoms with Crippen LogP contribution >= 0.6 is 0 Å². The molecule has 2 N–H and O–H groups in total. The van der Waals surface area contributed by atoms with E-state index in [0.717, 1.165) is 59.6 Å². The molecule has 0 unspecified atom stereocenters. The first-order valence-corrected chi connectivity index (χ1v) is 10.5. The minimum atomic E-state index is 0.665. The number of aromatic nitrogens is 1. The molecule has 1 saturated heterocycles. The molecular weight excluding hydrogens is 382 g/mol. The number of benzene rings is 3. The fourth-order valence-corrected chi connectivity index (χ4v) is 4.01. The molecule has 0 spiro atoms. The normalized spacial score (nSPS) is 13.7. The zero-order valence-corrected chi connectivity index (χ0v) is 17.2. The van der Waals surface area contributed by atoms with E-state index in [2.05, 4.69) is 63.0 Å². The molecule has 0 saturated carbocycles. The van der Waals surface area contributed by atoms with E-state index in [4.69, 9.17) is 5.26 Å². The Labute approximate surface area is 182 Å². The largest absolute Gasteiger partial charge is 0.369 e. The van der Waals surface area contributed by atoms with E-state index in [1.54, 1.807) is 0 Å². The lowest BCUT2D eigenvalue weighted by Gasteiger charge is -2.29. The molecule has 1 aliphatic heterocycles. The minimum Gasteiger partial charge on any atom is -0.369 e. The Morgan fingerprint density at radius 1 is 0.871 bits per heavy atom. The molecule has 5 heteroatoms. The molecule has 0 radical (unpaired) electrons. The molecular formula is C26H23N5. The number of nitriles is 1. The van der Waals surface area contributed by atoms with Crippen molar-refractivity contribution in [2.45, 2.75) is 0 Å². The Bertz CT molecular complexity index is 1230. The van der Waals surface area contributed by atoms with Crippen LogP contribution in [-0.4, -0.2) is 31.2 Å². The number of fused-ring (bicyclic) bond motifs is 1. The first-order chi connectivity index (χ1) is 15.3. The second-order valence-corrected chi connectivity index (χ2v) is 7.69. The summed E-state index contributed by atoms with van der Waals surface area (Å²) >= 11 is 0. The lowest BCUT2D eigenvalue weighted by Crippen LogP contribution is -2.43. The smallest absolute Gasteiger partial charge is 0.0991 e. The van der Waals surface area contributed by atoms with Gasteiger partial charge in [0.25, 0.3) is 0 Å². The van der Waals surface area contributed by atoms with E-state index in [-0.39, 0.29) is 0 Å². The molecule has 3 aromatic carbocycles. The standard InChI is InChI=1S/C26H23N5/c27-18-19-1-3-20(4-2-19)21-5-10-25-24(17-21)26(11-12-29-25)30-22-6-8-23(9-7-22)31-15-13-28-14-16-31/h1-12,17,28H,13-16H2,(H,29,30). The summed E-state index contributed by atoms with van der Waals surface area (Å²) in [6, 6.07) is 26.7. The van der Waals surface area contributed by atoms with Crippen LogP contribution in [0.3, 0.4) is 0 Å². The number of hydrogen-bond donors (Lipinski definition) is 2. The summed E-state index contributed by atoms with van der Waals surface area (Å²) in [5.41, 5.74) is 7.12. The maximum atomic E-state index is 9.04. The van der Waals surface area contributed by atoms with E-state index >= 15 is 0 Å². The van der Waals surface area contributed by atoms with Crippen LogP contribution in [0.15, 0.2) is 79.0 Å². The highest BCUT2D eigenvalue weighted by Crippen LogP contribution is 2.30. The topological polar surface area (TPSA) is 64.0 Å². The Balaban J connectivity index is 1.43. The fraction of sp³-hybridized carbons (Fsp3) is 0.154. The summed E-state index contributed by atoms with van der Waals surface area (Å²) in [4.78, 5) is 6.93. The lowest BCUT2D eigenvalue weighted by molar-refractivity contribution is 0.589. The predicted molar refractivity (Wildman–Crippen MR) is 127 cm³/mol. The number of rotatable bonds is 4. The van der Waals surface area contributed by atoms with Gasteiger partial charge in [0, 0.05) is 54.8 Å². The van der Waals surface area contributed by atoms with Gasteiger partial charge in [0.1, 0.15) is 0 Å². The van der Waals surface area contributed by atoms with Crippen molar-refractivity contribution in [2.75, 3.05) is 36.4 Å². The molecule has 4 aromatic rings. The van der Waals surface area contributed by atoms with E-state index in [1.807, 2.05) is 42.6 Å². The number of pyridine rings is 1. The molecule has 1 fully saturated rings. The molecule has 1 aliphatic rings. The van der Waals surface area contributed by atoms with Crippen molar-refractivity contribution in [3.8, 4) is 17.2 Å². The van der Waals surface area contributed by atoms with Crippen LogP contribution in [0.1, 0.15) is 5.56 Å². The average molecular weight is 406 g/mol. The maximum Gasteiger partial charge on any atom is 0.0991 e. The summed E-state index contributed by atoms with van der Waals surface area (Å²) in [5, 5.41) is 17.1. The van der Waals surface area contributed by atoms with Gasteiger partial charge in [0.15, 0.2) is 0 Å². The Hall–Kier alpha value is -3.88. The van der Waals surface area contributed by atoms with Crippen molar-refractivity contribution >= 4 is 28.0 Å². The van der Waals surface area contributed by atoms with Crippen LogP contribution in [0.25, 0.3) is 22.0 Å². The van der Waals surface area contributed by atoms with Gasteiger partial charge in [-0.1, -0.05) is 18.2 Å². The van der Waals surface area contributed by atoms with Crippen LogP contribution in [-0.2, 0) is 0 Å². The van der Waals surface area contributed by atoms with Gasteiger partial charge >= 0.3 is 0 Å². The number of hydrogen-bond acceptors (Lipinski definition) is 5. The first kappa shape index (κ1) is 19.1. The molecule has 0 bridgehead atoms.